The summed E-state index contributed by atoms with van der Waals surface area (Å²) in [6.07, 6.45) is 4.03. The normalized spacial score (nSPS) is 10.8. The Morgan fingerprint density at radius 3 is 2.38 bits per heavy atom. The van der Waals surface area contributed by atoms with Gasteiger partial charge in [0.1, 0.15) is 12.4 Å². The first-order chi connectivity index (χ1) is 12.7. The molecule has 0 aliphatic heterocycles. The van der Waals surface area contributed by atoms with E-state index < -0.39 is 5.97 Å². The minimum Gasteiger partial charge on any atom is -0.490 e. The molecule has 1 N–H and O–H groups in total. The van der Waals surface area contributed by atoms with Crippen LogP contribution in [-0.4, -0.2) is 17.7 Å². The maximum absolute atomic E-state index is 10.9. The third kappa shape index (κ3) is 5.08. The summed E-state index contributed by atoms with van der Waals surface area (Å²) in [6, 6.07) is 25.5. The Balaban J connectivity index is 1.66. The highest BCUT2D eigenvalue weighted by molar-refractivity contribution is 5.72. The summed E-state index contributed by atoms with van der Waals surface area (Å²) in [6.45, 7) is 0.484. The van der Waals surface area contributed by atoms with Gasteiger partial charge in [-0.3, -0.25) is 4.79 Å². The molecule has 0 aliphatic rings. The second-order valence-corrected chi connectivity index (χ2v) is 5.92. The van der Waals surface area contributed by atoms with E-state index >= 15 is 0 Å². The third-order valence-electron chi connectivity index (χ3n) is 3.91. The van der Waals surface area contributed by atoms with Crippen molar-refractivity contribution in [3.05, 3.63) is 96.1 Å². The summed E-state index contributed by atoms with van der Waals surface area (Å²) in [7, 11) is 0. The highest BCUT2D eigenvalue weighted by Crippen LogP contribution is 2.25. The molecule has 3 nitrogen and oxygen atoms in total. The molecule has 0 saturated heterocycles. The van der Waals surface area contributed by atoms with Gasteiger partial charge in [0.2, 0.25) is 0 Å². The standard InChI is InChI=1S/C23H20O3/c24-23(25)16-19-9-4-11-20(15-19)21-12-5-13-22(17-21)26-14-6-10-18-7-2-1-3-8-18/h1-13,15,17H,14,16H2,(H,24,25)/b10-6+. The van der Waals surface area contributed by atoms with Crippen molar-refractivity contribution < 1.29 is 14.6 Å². The van der Waals surface area contributed by atoms with E-state index in [0.717, 1.165) is 28.0 Å². The number of aliphatic carboxylic acids is 1. The van der Waals surface area contributed by atoms with Gasteiger partial charge in [-0.05, 0) is 40.5 Å². The summed E-state index contributed by atoms with van der Waals surface area (Å²) < 4.78 is 5.80. The Morgan fingerprint density at radius 1 is 0.885 bits per heavy atom. The highest BCUT2D eigenvalue weighted by Gasteiger charge is 2.04. The van der Waals surface area contributed by atoms with Crippen LogP contribution >= 0.6 is 0 Å². The van der Waals surface area contributed by atoms with Gasteiger partial charge in [0, 0.05) is 0 Å². The average molecular weight is 344 g/mol. The van der Waals surface area contributed by atoms with Crippen LogP contribution in [0.4, 0.5) is 0 Å². The van der Waals surface area contributed by atoms with Gasteiger partial charge >= 0.3 is 5.97 Å². The number of carbonyl (C=O) groups is 1. The van der Waals surface area contributed by atoms with Crippen LogP contribution in [0.2, 0.25) is 0 Å². The summed E-state index contributed by atoms with van der Waals surface area (Å²) in [5, 5.41) is 8.95. The van der Waals surface area contributed by atoms with E-state index in [2.05, 4.69) is 0 Å². The molecule has 3 rings (SSSR count). The lowest BCUT2D eigenvalue weighted by atomic mass is 10.0. The predicted octanol–water partition coefficient (Wildman–Crippen LogP) is 5.07. The molecule has 0 atom stereocenters. The van der Waals surface area contributed by atoms with Gasteiger partial charge in [-0.1, -0.05) is 72.8 Å². The molecular formula is C23H20O3. The zero-order chi connectivity index (χ0) is 18.2. The van der Waals surface area contributed by atoms with Crippen LogP contribution in [0.1, 0.15) is 11.1 Å². The molecule has 0 amide bonds. The zero-order valence-corrected chi connectivity index (χ0v) is 14.3. The summed E-state index contributed by atoms with van der Waals surface area (Å²) in [5.74, 6) is -0.0479. The van der Waals surface area contributed by atoms with Crippen molar-refractivity contribution in [2.45, 2.75) is 6.42 Å². The molecule has 0 bridgehead atoms. The zero-order valence-electron chi connectivity index (χ0n) is 14.3. The number of hydrogen-bond acceptors (Lipinski definition) is 2. The van der Waals surface area contributed by atoms with Crippen molar-refractivity contribution in [2.75, 3.05) is 6.61 Å². The van der Waals surface area contributed by atoms with Crippen LogP contribution in [0, 0.1) is 0 Å². The molecular weight excluding hydrogens is 324 g/mol. The quantitative estimate of drug-likeness (QED) is 0.651. The van der Waals surface area contributed by atoms with Gasteiger partial charge in [0.25, 0.3) is 0 Å². The van der Waals surface area contributed by atoms with Crippen molar-refractivity contribution >= 4 is 12.0 Å². The SMILES string of the molecule is O=C(O)Cc1cccc(-c2cccc(OC/C=C/c3ccccc3)c2)c1. The van der Waals surface area contributed by atoms with E-state index in [-0.39, 0.29) is 6.42 Å². The number of carboxylic acids is 1. The molecule has 26 heavy (non-hydrogen) atoms. The molecule has 3 aromatic rings. The first-order valence-electron chi connectivity index (χ1n) is 8.46. The van der Waals surface area contributed by atoms with E-state index in [9.17, 15) is 4.79 Å². The van der Waals surface area contributed by atoms with Crippen LogP contribution in [0.5, 0.6) is 5.75 Å². The fraction of sp³-hybridized carbons (Fsp3) is 0.0870. The fourth-order valence-electron chi connectivity index (χ4n) is 2.69. The fourth-order valence-corrected chi connectivity index (χ4v) is 2.69. The molecule has 0 aromatic heterocycles. The van der Waals surface area contributed by atoms with Crippen molar-refractivity contribution in [2.24, 2.45) is 0 Å². The first-order valence-corrected chi connectivity index (χ1v) is 8.46. The van der Waals surface area contributed by atoms with Gasteiger partial charge in [-0.25, -0.2) is 0 Å². The lowest BCUT2D eigenvalue weighted by Crippen LogP contribution is -1.99. The number of hydrogen-bond donors (Lipinski definition) is 1. The third-order valence-corrected chi connectivity index (χ3v) is 3.91. The molecule has 0 aliphatic carbocycles. The lowest BCUT2D eigenvalue weighted by molar-refractivity contribution is -0.136. The van der Waals surface area contributed by atoms with E-state index in [1.54, 1.807) is 0 Å². The minimum absolute atomic E-state index is 0.0221. The molecule has 3 aromatic carbocycles. The molecule has 0 heterocycles. The molecule has 0 radical (unpaired) electrons. The monoisotopic (exact) mass is 344 g/mol. The van der Waals surface area contributed by atoms with E-state index in [0.29, 0.717) is 6.61 Å². The summed E-state index contributed by atoms with van der Waals surface area (Å²) >= 11 is 0. The van der Waals surface area contributed by atoms with Crippen LogP contribution in [0.25, 0.3) is 17.2 Å². The Hall–Kier alpha value is -3.33. The number of ether oxygens (including phenoxy) is 1. The molecule has 0 unspecified atom stereocenters. The largest absolute Gasteiger partial charge is 0.490 e. The number of benzene rings is 3. The van der Waals surface area contributed by atoms with Gasteiger partial charge in [-0.15, -0.1) is 0 Å². The number of rotatable bonds is 7. The predicted molar refractivity (Wildman–Crippen MR) is 104 cm³/mol. The van der Waals surface area contributed by atoms with Gasteiger partial charge < -0.3 is 9.84 Å². The second kappa shape index (κ2) is 8.67. The lowest BCUT2D eigenvalue weighted by Gasteiger charge is -2.08. The molecule has 0 spiro atoms. The Morgan fingerprint density at radius 2 is 1.62 bits per heavy atom. The van der Waals surface area contributed by atoms with Crippen LogP contribution < -0.4 is 4.74 Å². The molecule has 3 heteroatoms. The van der Waals surface area contributed by atoms with Gasteiger partial charge in [0.05, 0.1) is 6.42 Å². The van der Waals surface area contributed by atoms with Crippen molar-refractivity contribution in [1.82, 2.24) is 0 Å². The molecule has 0 saturated carbocycles. The topological polar surface area (TPSA) is 46.5 Å². The molecule has 130 valence electrons. The van der Waals surface area contributed by atoms with Crippen molar-refractivity contribution in [1.29, 1.82) is 0 Å². The first kappa shape index (κ1) is 17.5. The maximum Gasteiger partial charge on any atom is 0.307 e. The Kier molecular flexibility index (Phi) is 5.84. The smallest absolute Gasteiger partial charge is 0.307 e. The number of carboxylic acid groups (broad SMARTS) is 1. The van der Waals surface area contributed by atoms with Crippen LogP contribution in [-0.2, 0) is 11.2 Å². The van der Waals surface area contributed by atoms with Crippen molar-refractivity contribution in [3.63, 3.8) is 0 Å². The van der Waals surface area contributed by atoms with Crippen LogP contribution in [0.15, 0.2) is 84.9 Å². The second-order valence-electron chi connectivity index (χ2n) is 5.92. The Bertz CT molecular complexity index is 898. The summed E-state index contributed by atoms with van der Waals surface area (Å²) in [5.41, 5.74) is 3.91. The Labute approximate surface area is 153 Å². The average Bonchev–Trinajstić information content (AvgIpc) is 2.66. The van der Waals surface area contributed by atoms with Crippen molar-refractivity contribution in [3.8, 4) is 16.9 Å². The van der Waals surface area contributed by atoms with E-state index in [1.165, 1.54) is 0 Å². The van der Waals surface area contributed by atoms with E-state index in [1.807, 2.05) is 91.0 Å². The summed E-state index contributed by atoms with van der Waals surface area (Å²) in [4.78, 5) is 10.9. The minimum atomic E-state index is -0.829. The van der Waals surface area contributed by atoms with Crippen LogP contribution in [0.3, 0.4) is 0 Å². The van der Waals surface area contributed by atoms with Gasteiger partial charge in [0.15, 0.2) is 0 Å². The highest BCUT2D eigenvalue weighted by atomic mass is 16.5. The van der Waals surface area contributed by atoms with E-state index in [4.69, 9.17) is 9.84 Å². The maximum atomic E-state index is 10.9. The van der Waals surface area contributed by atoms with Gasteiger partial charge in [-0.2, -0.15) is 0 Å². The molecule has 0 fully saturated rings.